The van der Waals surface area contributed by atoms with E-state index in [1.807, 2.05) is 26.0 Å². The van der Waals surface area contributed by atoms with Gasteiger partial charge in [-0.05, 0) is 25.5 Å². The summed E-state index contributed by atoms with van der Waals surface area (Å²) >= 11 is 0. The number of aryl methyl sites for hydroxylation is 2. The van der Waals surface area contributed by atoms with E-state index >= 15 is 0 Å². The van der Waals surface area contributed by atoms with Crippen LogP contribution < -0.4 is 10.6 Å². The first-order chi connectivity index (χ1) is 8.16. The Bertz CT molecular complexity index is 417. The minimum atomic E-state index is -0.385. The minimum Gasteiger partial charge on any atom is -0.366 e. The number of benzene rings is 1. The third-order valence-electron chi connectivity index (χ3n) is 2.86. The summed E-state index contributed by atoms with van der Waals surface area (Å²) in [4.78, 5) is 11.9. The number of anilines is 1. The normalized spacial score (nSPS) is 18.9. The van der Waals surface area contributed by atoms with Gasteiger partial charge in [0.1, 0.15) is 6.10 Å². The van der Waals surface area contributed by atoms with E-state index in [0.29, 0.717) is 13.2 Å². The Kier molecular flexibility index (Phi) is 5.59. The highest BCUT2D eigenvalue weighted by molar-refractivity contribution is 5.95. The number of carbonyl (C=O) groups is 1. The average Bonchev–Trinajstić information content (AvgIpc) is 2.34. The second-order valence-electron chi connectivity index (χ2n) is 4.37. The molecule has 1 aromatic rings. The van der Waals surface area contributed by atoms with Crippen LogP contribution in [0.1, 0.15) is 11.1 Å². The zero-order valence-electron chi connectivity index (χ0n) is 10.7. The number of hydrogen-bond acceptors (Lipinski definition) is 3. The molecule has 4 nitrogen and oxygen atoms in total. The number of morpholine rings is 1. The van der Waals surface area contributed by atoms with Gasteiger partial charge in [-0.15, -0.1) is 12.4 Å². The molecule has 2 N–H and O–H groups in total. The molecule has 5 heteroatoms. The monoisotopic (exact) mass is 270 g/mol. The summed E-state index contributed by atoms with van der Waals surface area (Å²) in [6.07, 6.45) is -0.385. The predicted octanol–water partition coefficient (Wildman–Crippen LogP) is 1.65. The molecule has 2 rings (SSSR count). The topological polar surface area (TPSA) is 50.4 Å². The van der Waals surface area contributed by atoms with Gasteiger partial charge in [0.25, 0.3) is 5.91 Å². The molecule has 1 heterocycles. The van der Waals surface area contributed by atoms with Gasteiger partial charge < -0.3 is 15.4 Å². The molecule has 0 saturated carbocycles. The van der Waals surface area contributed by atoms with Crippen molar-refractivity contribution in [3.63, 3.8) is 0 Å². The fraction of sp³-hybridized carbons (Fsp3) is 0.462. The van der Waals surface area contributed by atoms with E-state index in [1.165, 1.54) is 5.56 Å². The van der Waals surface area contributed by atoms with Crippen molar-refractivity contribution in [2.75, 3.05) is 25.0 Å². The Labute approximate surface area is 114 Å². The highest BCUT2D eigenvalue weighted by Gasteiger charge is 2.21. The van der Waals surface area contributed by atoms with Crippen molar-refractivity contribution in [3.8, 4) is 0 Å². The maximum absolute atomic E-state index is 11.9. The lowest BCUT2D eigenvalue weighted by Crippen LogP contribution is -2.45. The van der Waals surface area contributed by atoms with E-state index in [2.05, 4.69) is 16.7 Å². The third-order valence-corrected chi connectivity index (χ3v) is 2.86. The van der Waals surface area contributed by atoms with Crippen LogP contribution in [-0.4, -0.2) is 31.7 Å². The maximum Gasteiger partial charge on any atom is 0.254 e. The lowest BCUT2D eigenvalue weighted by atomic mass is 10.1. The Balaban J connectivity index is 0.00000162. The summed E-state index contributed by atoms with van der Waals surface area (Å²) in [6, 6.07) is 5.97. The van der Waals surface area contributed by atoms with Crippen LogP contribution >= 0.6 is 12.4 Å². The van der Waals surface area contributed by atoms with Crippen molar-refractivity contribution in [1.29, 1.82) is 0 Å². The Morgan fingerprint density at radius 2 is 2.22 bits per heavy atom. The SMILES string of the molecule is Cc1ccc(NC(=O)C2CNCCO2)c(C)c1.Cl. The first kappa shape index (κ1) is 15.0. The highest BCUT2D eigenvalue weighted by atomic mass is 35.5. The molecule has 0 aliphatic carbocycles. The molecule has 18 heavy (non-hydrogen) atoms. The van der Waals surface area contributed by atoms with E-state index in [1.54, 1.807) is 0 Å². The van der Waals surface area contributed by atoms with Crippen molar-refractivity contribution in [2.45, 2.75) is 20.0 Å². The lowest BCUT2D eigenvalue weighted by Gasteiger charge is -2.23. The molecule has 0 aromatic heterocycles. The second kappa shape index (κ2) is 6.73. The fourth-order valence-corrected chi connectivity index (χ4v) is 1.90. The summed E-state index contributed by atoms with van der Waals surface area (Å²) in [5.74, 6) is -0.0795. The smallest absolute Gasteiger partial charge is 0.254 e. The number of halogens is 1. The number of ether oxygens (including phenoxy) is 1. The van der Waals surface area contributed by atoms with E-state index < -0.39 is 0 Å². The summed E-state index contributed by atoms with van der Waals surface area (Å²) in [5, 5.41) is 6.04. The number of rotatable bonds is 2. The van der Waals surface area contributed by atoms with Crippen LogP contribution in [0.5, 0.6) is 0 Å². The van der Waals surface area contributed by atoms with E-state index in [4.69, 9.17) is 4.74 Å². The average molecular weight is 271 g/mol. The molecule has 1 amide bonds. The van der Waals surface area contributed by atoms with Crippen LogP contribution in [0.3, 0.4) is 0 Å². The van der Waals surface area contributed by atoms with Crippen molar-refractivity contribution in [3.05, 3.63) is 29.3 Å². The summed E-state index contributed by atoms with van der Waals surface area (Å²) in [5.41, 5.74) is 3.12. The maximum atomic E-state index is 11.9. The van der Waals surface area contributed by atoms with Gasteiger partial charge in [0.15, 0.2) is 0 Å². The molecule has 1 fully saturated rings. The van der Waals surface area contributed by atoms with Gasteiger partial charge in [-0.2, -0.15) is 0 Å². The summed E-state index contributed by atoms with van der Waals surface area (Å²) in [7, 11) is 0. The van der Waals surface area contributed by atoms with Crippen LogP contribution in [0.4, 0.5) is 5.69 Å². The van der Waals surface area contributed by atoms with E-state index in [-0.39, 0.29) is 24.4 Å². The van der Waals surface area contributed by atoms with Gasteiger partial charge in [-0.3, -0.25) is 4.79 Å². The van der Waals surface area contributed by atoms with Crippen LogP contribution in [0, 0.1) is 13.8 Å². The van der Waals surface area contributed by atoms with Gasteiger partial charge in [0.05, 0.1) is 6.61 Å². The number of amides is 1. The minimum absolute atomic E-state index is 0. The van der Waals surface area contributed by atoms with Gasteiger partial charge in [-0.1, -0.05) is 17.7 Å². The molecule has 1 aliphatic rings. The first-order valence-corrected chi connectivity index (χ1v) is 5.87. The predicted molar refractivity (Wildman–Crippen MR) is 74.4 cm³/mol. The molecule has 1 unspecified atom stereocenters. The van der Waals surface area contributed by atoms with Crippen LogP contribution in [-0.2, 0) is 9.53 Å². The van der Waals surface area contributed by atoms with Crippen molar-refractivity contribution >= 4 is 24.0 Å². The number of nitrogens with one attached hydrogen (secondary N) is 2. The zero-order chi connectivity index (χ0) is 12.3. The molecule has 100 valence electrons. The Morgan fingerprint density at radius 1 is 1.44 bits per heavy atom. The van der Waals surface area contributed by atoms with Crippen molar-refractivity contribution in [2.24, 2.45) is 0 Å². The van der Waals surface area contributed by atoms with Crippen LogP contribution in [0.15, 0.2) is 18.2 Å². The van der Waals surface area contributed by atoms with Crippen molar-refractivity contribution < 1.29 is 9.53 Å². The van der Waals surface area contributed by atoms with Gasteiger partial charge in [0, 0.05) is 18.8 Å². The van der Waals surface area contributed by atoms with E-state index in [0.717, 1.165) is 17.8 Å². The lowest BCUT2D eigenvalue weighted by molar-refractivity contribution is -0.128. The number of hydrogen-bond donors (Lipinski definition) is 2. The molecule has 0 radical (unpaired) electrons. The molecule has 1 saturated heterocycles. The molecular formula is C13H19ClN2O2. The molecule has 0 bridgehead atoms. The van der Waals surface area contributed by atoms with E-state index in [9.17, 15) is 4.79 Å². The fourth-order valence-electron chi connectivity index (χ4n) is 1.90. The van der Waals surface area contributed by atoms with Crippen LogP contribution in [0.25, 0.3) is 0 Å². The first-order valence-electron chi connectivity index (χ1n) is 5.87. The molecular weight excluding hydrogens is 252 g/mol. The highest BCUT2D eigenvalue weighted by Crippen LogP contribution is 2.16. The summed E-state index contributed by atoms with van der Waals surface area (Å²) in [6.45, 7) is 6.00. The Hall–Kier alpha value is -1.10. The van der Waals surface area contributed by atoms with Gasteiger partial charge >= 0.3 is 0 Å². The molecule has 1 atom stereocenters. The van der Waals surface area contributed by atoms with Gasteiger partial charge in [0.2, 0.25) is 0 Å². The van der Waals surface area contributed by atoms with Crippen molar-refractivity contribution in [1.82, 2.24) is 5.32 Å². The number of carbonyl (C=O) groups excluding carboxylic acids is 1. The standard InChI is InChI=1S/C13H18N2O2.ClH/c1-9-3-4-11(10(2)7-9)15-13(16)12-8-14-5-6-17-12;/h3-4,7,12,14H,5-6,8H2,1-2H3,(H,15,16);1H. The second-order valence-corrected chi connectivity index (χ2v) is 4.37. The largest absolute Gasteiger partial charge is 0.366 e. The molecule has 1 aliphatic heterocycles. The van der Waals surface area contributed by atoms with Gasteiger partial charge in [-0.25, -0.2) is 0 Å². The summed E-state index contributed by atoms with van der Waals surface area (Å²) < 4.78 is 5.40. The van der Waals surface area contributed by atoms with Crippen LogP contribution in [0.2, 0.25) is 0 Å². The zero-order valence-corrected chi connectivity index (χ0v) is 11.5. The third kappa shape index (κ3) is 3.70. The quantitative estimate of drug-likeness (QED) is 0.859. The Morgan fingerprint density at radius 3 is 2.83 bits per heavy atom. The molecule has 0 spiro atoms. The molecule has 1 aromatic carbocycles.